The first-order valence-corrected chi connectivity index (χ1v) is 9.30. The van der Waals surface area contributed by atoms with Gasteiger partial charge in [0, 0.05) is 28.6 Å². The molecule has 1 aromatic heterocycles. The Labute approximate surface area is 136 Å². The van der Waals surface area contributed by atoms with E-state index in [2.05, 4.69) is 25.6 Å². The number of aromatic nitrogens is 1. The summed E-state index contributed by atoms with van der Waals surface area (Å²) in [5, 5.41) is 2.25. The second kappa shape index (κ2) is 6.97. The monoisotopic (exact) mass is 390 g/mol. The molecule has 1 atom stereocenters. The molecule has 0 amide bonds. The van der Waals surface area contributed by atoms with Crippen LogP contribution in [0.5, 0.6) is 0 Å². The van der Waals surface area contributed by atoms with Crippen LogP contribution in [0.3, 0.4) is 0 Å². The molecule has 0 radical (unpaired) electrons. The number of thiazole rings is 1. The number of hydrogen-bond donors (Lipinski definition) is 1. The van der Waals surface area contributed by atoms with Gasteiger partial charge >= 0.3 is 0 Å². The van der Waals surface area contributed by atoms with Gasteiger partial charge in [0.25, 0.3) is 10.0 Å². The lowest BCUT2D eigenvalue weighted by atomic mass is 10.2. The van der Waals surface area contributed by atoms with Gasteiger partial charge in [0.15, 0.2) is 5.03 Å². The minimum Gasteiger partial charge on any atom is -0.383 e. The van der Waals surface area contributed by atoms with E-state index in [9.17, 15) is 8.42 Å². The summed E-state index contributed by atoms with van der Waals surface area (Å²) in [6, 6.07) is 7.26. The summed E-state index contributed by atoms with van der Waals surface area (Å²) in [6.45, 7) is 2.05. The van der Waals surface area contributed by atoms with Crippen molar-refractivity contribution in [1.29, 1.82) is 0 Å². The molecule has 0 aliphatic rings. The zero-order valence-electron chi connectivity index (χ0n) is 11.5. The van der Waals surface area contributed by atoms with Crippen molar-refractivity contribution in [3.8, 4) is 10.6 Å². The zero-order chi connectivity index (χ0) is 15.5. The fourth-order valence-electron chi connectivity index (χ4n) is 1.72. The number of sulfonamides is 1. The third-order valence-electron chi connectivity index (χ3n) is 2.62. The molecule has 2 aromatic rings. The molecule has 8 heteroatoms. The Kier molecular flexibility index (Phi) is 5.50. The van der Waals surface area contributed by atoms with Gasteiger partial charge in [0.05, 0.1) is 6.61 Å². The van der Waals surface area contributed by atoms with Crippen molar-refractivity contribution in [3.05, 3.63) is 34.1 Å². The van der Waals surface area contributed by atoms with Crippen LogP contribution in [0.1, 0.15) is 6.92 Å². The second-order valence-electron chi connectivity index (χ2n) is 4.48. The van der Waals surface area contributed by atoms with Crippen LogP contribution in [-0.2, 0) is 14.8 Å². The van der Waals surface area contributed by atoms with E-state index in [4.69, 9.17) is 4.74 Å². The third-order valence-corrected chi connectivity index (χ3v) is 5.66. The molecule has 0 fully saturated rings. The number of halogens is 1. The fraction of sp³-hybridized carbons (Fsp3) is 0.308. The Morgan fingerprint density at radius 3 is 2.67 bits per heavy atom. The minimum absolute atomic E-state index is 0.0355. The topological polar surface area (TPSA) is 68.3 Å². The average Bonchev–Trinajstić information content (AvgIpc) is 2.89. The number of nitrogens with zero attached hydrogens (tertiary/aromatic N) is 1. The molecule has 0 saturated heterocycles. The van der Waals surface area contributed by atoms with Crippen LogP contribution < -0.4 is 4.72 Å². The van der Waals surface area contributed by atoms with Crippen LogP contribution in [-0.4, -0.2) is 33.2 Å². The van der Waals surface area contributed by atoms with Gasteiger partial charge in [-0.2, -0.15) is 0 Å². The van der Waals surface area contributed by atoms with Crippen molar-refractivity contribution in [1.82, 2.24) is 9.71 Å². The van der Waals surface area contributed by atoms with E-state index in [1.165, 1.54) is 18.4 Å². The fourth-order valence-corrected chi connectivity index (χ4v) is 4.31. The summed E-state index contributed by atoms with van der Waals surface area (Å²) < 4.78 is 32.8. The molecule has 5 nitrogen and oxygen atoms in total. The zero-order valence-corrected chi connectivity index (χ0v) is 14.8. The highest BCUT2D eigenvalue weighted by molar-refractivity contribution is 9.10. The smallest absolute Gasteiger partial charge is 0.259 e. The number of benzene rings is 1. The number of hydrogen-bond acceptors (Lipinski definition) is 5. The van der Waals surface area contributed by atoms with E-state index < -0.39 is 10.0 Å². The maximum Gasteiger partial charge on any atom is 0.259 e. The first kappa shape index (κ1) is 16.6. The van der Waals surface area contributed by atoms with Crippen LogP contribution >= 0.6 is 27.3 Å². The highest BCUT2D eigenvalue weighted by Crippen LogP contribution is 2.26. The normalized spacial score (nSPS) is 13.3. The van der Waals surface area contributed by atoms with Crippen molar-refractivity contribution in [2.24, 2.45) is 0 Å². The molecule has 1 heterocycles. The van der Waals surface area contributed by atoms with Crippen LogP contribution in [0, 0.1) is 0 Å². The molecular weight excluding hydrogens is 376 g/mol. The number of nitrogens with one attached hydrogen (secondary N) is 1. The summed E-state index contributed by atoms with van der Waals surface area (Å²) in [6.07, 6.45) is 0. The third kappa shape index (κ3) is 4.33. The van der Waals surface area contributed by atoms with E-state index in [-0.39, 0.29) is 11.1 Å². The number of ether oxygens (including phenoxy) is 1. The quantitative estimate of drug-likeness (QED) is 0.822. The van der Waals surface area contributed by atoms with Gasteiger partial charge in [-0.3, -0.25) is 0 Å². The summed E-state index contributed by atoms with van der Waals surface area (Å²) in [5.41, 5.74) is 0.884. The van der Waals surface area contributed by atoms with Crippen LogP contribution in [0.25, 0.3) is 10.6 Å². The van der Waals surface area contributed by atoms with E-state index in [1.54, 1.807) is 12.3 Å². The lowest BCUT2D eigenvalue weighted by Gasteiger charge is -2.11. The van der Waals surface area contributed by atoms with Gasteiger partial charge in [-0.25, -0.2) is 18.1 Å². The van der Waals surface area contributed by atoms with Crippen molar-refractivity contribution in [3.63, 3.8) is 0 Å². The number of methoxy groups -OCH3 is 1. The Morgan fingerprint density at radius 1 is 1.38 bits per heavy atom. The van der Waals surface area contributed by atoms with Crippen molar-refractivity contribution >= 4 is 37.3 Å². The Bertz CT molecular complexity index is 698. The molecule has 1 unspecified atom stereocenters. The largest absolute Gasteiger partial charge is 0.383 e. The molecule has 2 rings (SSSR count). The lowest BCUT2D eigenvalue weighted by Crippen LogP contribution is -2.35. The number of rotatable bonds is 6. The molecule has 0 saturated carbocycles. The van der Waals surface area contributed by atoms with Gasteiger partial charge in [-0.15, -0.1) is 11.3 Å². The predicted molar refractivity (Wildman–Crippen MR) is 86.9 cm³/mol. The van der Waals surface area contributed by atoms with Gasteiger partial charge in [0.2, 0.25) is 0 Å². The summed E-state index contributed by atoms with van der Waals surface area (Å²) in [4.78, 5) is 4.21. The highest BCUT2D eigenvalue weighted by atomic mass is 79.9. The van der Waals surface area contributed by atoms with Crippen LogP contribution in [0.4, 0.5) is 0 Å². The van der Waals surface area contributed by atoms with Crippen molar-refractivity contribution < 1.29 is 13.2 Å². The molecule has 0 bridgehead atoms. The van der Waals surface area contributed by atoms with Gasteiger partial charge in [-0.1, -0.05) is 28.1 Å². The first-order valence-electron chi connectivity index (χ1n) is 6.15. The van der Waals surface area contributed by atoms with E-state index in [1.807, 2.05) is 24.3 Å². The van der Waals surface area contributed by atoms with E-state index in [0.29, 0.717) is 11.6 Å². The standard InChI is InChI=1S/C13H15BrN2O3S2/c1-9(7-19-2)16-21(17,18)12-8-20-13(15-12)10-3-5-11(14)6-4-10/h3-6,8-9,16H,7H2,1-2H3. The highest BCUT2D eigenvalue weighted by Gasteiger charge is 2.21. The molecule has 114 valence electrons. The molecule has 0 aliphatic carbocycles. The Balaban J connectivity index is 2.21. The van der Waals surface area contributed by atoms with Crippen LogP contribution in [0.2, 0.25) is 0 Å². The maximum atomic E-state index is 12.2. The maximum absolute atomic E-state index is 12.2. The summed E-state index contributed by atoms with van der Waals surface area (Å²) in [7, 11) is -2.09. The van der Waals surface area contributed by atoms with Crippen molar-refractivity contribution in [2.75, 3.05) is 13.7 Å². The molecule has 1 aromatic carbocycles. The Hall–Kier alpha value is -0.800. The van der Waals surface area contributed by atoms with E-state index in [0.717, 1.165) is 10.0 Å². The minimum atomic E-state index is -3.62. The lowest BCUT2D eigenvalue weighted by molar-refractivity contribution is 0.180. The van der Waals surface area contributed by atoms with Gasteiger partial charge < -0.3 is 4.74 Å². The predicted octanol–water partition coefficient (Wildman–Crippen LogP) is 2.89. The first-order chi connectivity index (χ1) is 9.92. The second-order valence-corrected chi connectivity index (χ2v) is 7.91. The molecule has 0 aliphatic heterocycles. The molecular formula is C13H15BrN2O3S2. The Morgan fingerprint density at radius 2 is 2.05 bits per heavy atom. The van der Waals surface area contributed by atoms with Crippen LogP contribution in [0.15, 0.2) is 39.1 Å². The average molecular weight is 391 g/mol. The molecule has 0 spiro atoms. The van der Waals surface area contributed by atoms with E-state index >= 15 is 0 Å². The molecule has 1 N–H and O–H groups in total. The summed E-state index contributed by atoms with van der Waals surface area (Å²) >= 11 is 4.66. The summed E-state index contributed by atoms with van der Waals surface area (Å²) in [5.74, 6) is 0. The van der Waals surface area contributed by atoms with Crippen molar-refractivity contribution in [2.45, 2.75) is 18.0 Å². The van der Waals surface area contributed by atoms with Gasteiger partial charge in [0.1, 0.15) is 5.01 Å². The SMILES string of the molecule is COCC(C)NS(=O)(=O)c1csc(-c2ccc(Br)cc2)n1. The molecule has 21 heavy (non-hydrogen) atoms. The van der Waals surface area contributed by atoms with Gasteiger partial charge in [-0.05, 0) is 19.1 Å².